The number of para-hydroxylation sites is 1. The second-order valence-electron chi connectivity index (χ2n) is 7.75. The summed E-state index contributed by atoms with van der Waals surface area (Å²) in [6.07, 6.45) is 0.989. The maximum atomic E-state index is 12.7. The third-order valence-corrected chi connectivity index (χ3v) is 5.64. The maximum absolute atomic E-state index is 12.7. The fourth-order valence-electron chi connectivity index (χ4n) is 4.06. The molecule has 0 radical (unpaired) electrons. The lowest BCUT2D eigenvalue weighted by Gasteiger charge is -2.32. The zero-order valence-corrected chi connectivity index (χ0v) is 16.2. The first kappa shape index (κ1) is 19.8. The van der Waals surface area contributed by atoms with E-state index in [9.17, 15) is 13.2 Å². The van der Waals surface area contributed by atoms with E-state index < -0.39 is 11.7 Å². The van der Waals surface area contributed by atoms with Crippen LogP contribution in [0.1, 0.15) is 24.0 Å². The van der Waals surface area contributed by atoms with Gasteiger partial charge < -0.3 is 14.6 Å². The fraction of sp³-hybridized carbons (Fsp3) is 0.391. The van der Waals surface area contributed by atoms with E-state index in [1.807, 2.05) is 6.07 Å². The smallest absolute Gasteiger partial charge is 0.416 e. The van der Waals surface area contributed by atoms with Crippen LogP contribution in [0.2, 0.25) is 0 Å². The number of rotatable bonds is 6. The van der Waals surface area contributed by atoms with Crippen molar-refractivity contribution in [1.82, 2.24) is 9.88 Å². The van der Waals surface area contributed by atoms with E-state index in [2.05, 4.69) is 34.3 Å². The van der Waals surface area contributed by atoms with Crippen LogP contribution >= 0.6 is 0 Å². The number of aromatic nitrogens is 1. The zero-order chi connectivity index (χ0) is 20.3. The Morgan fingerprint density at radius 3 is 2.66 bits per heavy atom. The molecule has 1 N–H and O–H groups in total. The number of H-pyrrole nitrogens is 1. The minimum Gasteiger partial charge on any atom is -0.493 e. The van der Waals surface area contributed by atoms with Gasteiger partial charge in [-0.05, 0) is 61.7 Å². The highest BCUT2D eigenvalue weighted by molar-refractivity contribution is 5.83. The summed E-state index contributed by atoms with van der Waals surface area (Å²) in [5.41, 5.74) is 1.86. The Hall–Kier alpha value is -2.47. The summed E-state index contributed by atoms with van der Waals surface area (Å²) in [7, 11) is 0. The largest absolute Gasteiger partial charge is 0.493 e. The Morgan fingerprint density at radius 1 is 1.07 bits per heavy atom. The molecule has 0 bridgehead atoms. The molecule has 1 aliphatic heterocycles. The second kappa shape index (κ2) is 8.49. The van der Waals surface area contributed by atoms with Crippen molar-refractivity contribution in [3.05, 3.63) is 65.9 Å². The minimum atomic E-state index is -4.31. The number of benzene rings is 2. The summed E-state index contributed by atoms with van der Waals surface area (Å²) in [5.74, 6) is 0.892. The lowest BCUT2D eigenvalue weighted by Crippen LogP contribution is -2.38. The van der Waals surface area contributed by atoms with E-state index in [4.69, 9.17) is 4.74 Å². The Labute approximate surface area is 168 Å². The van der Waals surface area contributed by atoms with Crippen LogP contribution in [0.4, 0.5) is 13.2 Å². The number of ether oxygens (including phenoxy) is 1. The number of likely N-dealkylation sites (tertiary alicyclic amines) is 1. The number of halogens is 3. The molecule has 1 aliphatic rings. The van der Waals surface area contributed by atoms with Crippen molar-refractivity contribution < 1.29 is 17.9 Å². The van der Waals surface area contributed by atoms with E-state index in [0.29, 0.717) is 18.3 Å². The van der Waals surface area contributed by atoms with Gasteiger partial charge in [0, 0.05) is 36.1 Å². The Bertz CT molecular complexity index is 933. The van der Waals surface area contributed by atoms with Gasteiger partial charge in [-0.15, -0.1) is 0 Å². The summed E-state index contributed by atoms with van der Waals surface area (Å²) in [4.78, 5) is 5.79. The first-order chi connectivity index (χ1) is 14.0. The van der Waals surface area contributed by atoms with Crippen molar-refractivity contribution in [2.75, 3.05) is 26.2 Å². The standard InChI is InChI=1S/C23H25F3N2O/c24-23(25,26)19-7-9-20(10-8-19)29-16-17-4-3-12-28(15-17)13-11-18-14-27-22-6-2-1-5-21(18)22/h1-2,5-10,14,17,27H,3-4,11-13,15-16H2. The van der Waals surface area contributed by atoms with Crippen molar-refractivity contribution in [2.45, 2.75) is 25.4 Å². The molecule has 3 aromatic rings. The highest BCUT2D eigenvalue weighted by Crippen LogP contribution is 2.30. The molecule has 1 aromatic heterocycles. The molecule has 1 saturated heterocycles. The van der Waals surface area contributed by atoms with Gasteiger partial charge in [-0.25, -0.2) is 0 Å². The summed E-state index contributed by atoms with van der Waals surface area (Å²) in [5, 5.41) is 1.28. The van der Waals surface area contributed by atoms with E-state index >= 15 is 0 Å². The van der Waals surface area contributed by atoms with Crippen molar-refractivity contribution in [1.29, 1.82) is 0 Å². The molecule has 2 aromatic carbocycles. The fourth-order valence-corrected chi connectivity index (χ4v) is 4.06. The van der Waals surface area contributed by atoms with Crippen LogP contribution in [0.5, 0.6) is 5.75 Å². The van der Waals surface area contributed by atoms with Crippen LogP contribution in [0.25, 0.3) is 10.9 Å². The van der Waals surface area contributed by atoms with Crippen LogP contribution < -0.4 is 4.74 Å². The molecule has 1 unspecified atom stereocenters. The van der Waals surface area contributed by atoms with Crippen LogP contribution in [-0.2, 0) is 12.6 Å². The van der Waals surface area contributed by atoms with Gasteiger partial charge >= 0.3 is 6.18 Å². The van der Waals surface area contributed by atoms with Crippen molar-refractivity contribution in [2.24, 2.45) is 5.92 Å². The lowest BCUT2D eigenvalue weighted by molar-refractivity contribution is -0.137. The van der Waals surface area contributed by atoms with Gasteiger partial charge in [0.25, 0.3) is 0 Å². The van der Waals surface area contributed by atoms with Crippen molar-refractivity contribution in [3.63, 3.8) is 0 Å². The number of nitrogens with one attached hydrogen (secondary N) is 1. The van der Waals surface area contributed by atoms with Crippen LogP contribution in [-0.4, -0.2) is 36.1 Å². The average molecular weight is 402 g/mol. The zero-order valence-electron chi connectivity index (χ0n) is 16.2. The first-order valence-corrected chi connectivity index (χ1v) is 10.1. The molecule has 0 spiro atoms. The SMILES string of the molecule is FC(F)(F)c1ccc(OCC2CCCN(CCc3c[nH]c4ccccc34)C2)cc1. The minimum absolute atomic E-state index is 0.397. The van der Waals surface area contributed by atoms with Crippen LogP contribution in [0.3, 0.4) is 0 Å². The van der Waals surface area contributed by atoms with E-state index in [1.54, 1.807) is 0 Å². The van der Waals surface area contributed by atoms with E-state index in [-0.39, 0.29) is 0 Å². The molecule has 0 amide bonds. The average Bonchev–Trinajstić information content (AvgIpc) is 3.14. The monoisotopic (exact) mass is 402 g/mol. The molecule has 0 saturated carbocycles. The topological polar surface area (TPSA) is 28.3 Å². The number of piperidine rings is 1. The van der Waals surface area contributed by atoms with Gasteiger partial charge in [-0.1, -0.05) is 18.2 Å². The third-order valence-electron chi connectivity index (χ3n) is 5.64. The second-order valence-corrected chi connectivity index (χ2v) is 7.75. The number of fused-ring (bicyclic) bond motifs is 1. The maximum Gasteiger partial charge on any atom is 0.416 e. The number of alkyl halides is 3. The van der Waals surface area contributed by atoms with Gasteiger partial charge in [0.2, 0.25) is 0 Å². The van der Waals surface area contributed by atoms with Crippen LogP contribution in [0.15, 0.2) is 54.7 Å². The Kier molecular flexibility index (Phi) is 5.81. The first-order valence-electron chi connectivity index (χ1n) is 10.1. The summed E-state index contributed by atoms with van der Waals surface area (Å²) < 4.78 is 43.7. The Balaban J connectivity index is 1.27. The molecular formula is C23H25F3N2O. The lowest BCUT2D eigenvalue weighted by atomic mass is 9.98. The molecule has 1 fully saturated rings. The van der Waals surface area contributed by atoms with E-state index in [0.717, 1.165) is 51.0 Å². The van der Waals surface area contributed by atoms with Gasteiger partial charge in [-0.2, -0.15) is 13.2 Å². The number of aromatic amines is 1. The molecule has 4 rings (SSSR count). The Morgan fingerprint density at radius 2 is 1.86 bits per heavy atom. The summed E-state index contributed by atoms with van der Waals surface area (Å²) in [6, 6.07) is 13.3. The molecular weight excluding hydrogens is 377 g/mol. The predicted molar refractivity (Wildman–Crippen MR) is 108 cm³/mol. The number of nitrogens with zero attached hydrogens (tertiary/aromatic N) is 1. The van der Waals surface area contributed by atoms with Crippen LogP contribution in [0, 0.1) is 5.92 Å². The molecule has 0 aliphatic carbocycles. The van der Waals surface area contributed by atoms with Gasteiger partial charge in [-0.3, -0.25) is 0 Å². The molecule has 3 nitrogen and oxygen atoms in total. The summed E-state index contributed by atoms with van der Waals surface area (Å²) in [6.45, 7) is 3.58. The summed E-state index contributed by atoms with van der Waals surface area (Å²) >= 11 is 0. The van der Waals surface area contributed by atoms with Crippen molar-refractivity contribution in [3.8, 4) is 5.75 Å². The normalized spacial score (nSPS) is 18.2. The third kappa shape index (κ3) is 4.93. The molecule has 154 valence electrons. The quantitative estimate of drug-likeness (QED) is 0.588. The van der Waals surface area contributed by atoms with Gasteiger partial charge in [0.1, 0.15) is 5.75 Å². The van der Waals surface area contributed by atoms with Gasteiger partial charge in [0.15, 0.2) is 0 Å². The van der Waals surface area contributed by atoms with E-state index in [1.165, 1.54) is 28.6 Å². The predicted octanol–water partition coefficient (Wildman–Crippen LogP) is 5.52. The number of hydrogen-bond acceptors (Lipinski definition) is 2. The molecule has 1 atom stereocenters. The highest BCUT2D eigenvalue weighted by atomic mass is 19.4. The highest BCUT2D eigenvalue weighted by Gasteiger charge is 2.30. The van der Waals surface area contributed by atoms with Gasteiger partial charge in [0.05, 0.1) is 12.2 Å². The molecule has 2 heterocycles. The molecule has 6 heteroatoms. The molecule has 29 heavy (non-hydrogen) atoms. The number of hydrogen-bond donors (Lipinski definition) is 1. The van der Waals surface area contributed by atoms with Crippen molar-refractivity contribution >= 4 is 10.9 Å².